The van der Waals surface area contributed by atoms with E-state index in [0.29, 0.717) is 5.82 Å². The quantitative estimate of drug-likeness (QED) is 0.539. The topological polar surface area (TPSA) is 101 Å². The number of amides is 1. The number of aromatic nitrogens is 2. The fourth-order valence-corrected chi connectivity index (χ4v) is 0.692. The summed E-state index contributed by atoms with van der Waals surface area (Å²) in [4.78, 5) is 18.1. The monoisotopic (exact) mass is 182 g/mol. The van der Waals surface area contributed by atoms with E-state index in [9.17, 15) is 4.79 Å². The lowest BCUT2D eigenvalue weighted by molar-refractivity contribution is -0.125. The maximum Gasteiger partial charge on any atom is 0.248 e. The van der Waals surface area contributed by atoms with E-state index in [1.807, 2.05) is 0 Å². The Morgan fingerprint density at radius 1 is 1.69 bits per heavy atom. The van der Waals surface area contributed by atoms with Crippen LogP contribution in [0.1, 0.15) is 0 Å². The molecule has 0 aliphatic heterocycles. The summed E-state index contributed by atoms with van der Waals surface area (Å²) in [5.41, 5.74) is 4.84. The fourth-order valence-electron chi connectivity index (χ4n) is 0.692. The van der Waals surface area contributed by atoms with Crippen LogP contribution in [0.2, 0.25) is 0 Å². The van der Waals surface area contributed by atoms with Crippen LogP contribution in [0, 0.1) is 0 Å². The van der Waals surface area contributed by atoms with Crippen molar-refractivity contribution in [2.24, 2.45) is 5.73 Å². The molecule has 0 saturated carbocycles. The highest BCUT2D eigenvalue weighted by atomic mass is 16.3. The van der Waals surface area contributed by atoms with Gasteiger partial charge in [-0.2, -0.15) is 0 Å². The number of primary amides is 1. The summed E-state index contributed by atoms with van der Waals surface area (Å²) in [5.74, 6) is -0.279. The third-order valence-corrected chi connectivity index (χ3v) is 1.37. The molecule has 13 heavy (non-hydrogen) atoms. The maximum atomic E-state index is 10.4. The molecule has 1 heterocycles. The maximum absolute atomic E-state index is 10.4. The average molecular weight is 182 g/mol. The van der Waals surface area contributed by atoms with E-state index < -0.39 is 12.0 Å². The molecule has 1 amide bonds. The van der Waals surface area contributed by atoms with Crippen molar-refractivity contribution in [1.82, 2.24) is 9.97 Å². The number of rotatable bonds is 4. The van der Waals surface area contributed by atoms with Gasteiger partial charge in [0.05, 0.1) is 12.7 Å². The smallest absolute Gasteiger partial charge is 0.248 e. The van der Waals surface area contributed by atoms with Gasteiger partial charge in [-0.3, -0.25) is 9.78 Å². The minimum Gasteiger partial charge on any atom is -0.381 e. The summed E-state index contributed by atoms with van der Waals surface area (Å²) < 4.78 is 0. The van der Waals surface area contributed by atoms with E-state index >= 15 is 0 Å². The number of carbonyl (C=O) groups excluding carboxylic acids is 1. The molecule has 0 aliphatic rings. The highest BCUT2D eigenvalue weighted by Gasteiger charge is 2.09. The number of nitrogens with one attached hydrogen (secondary N) is 1. The Hall–Kier alpha value is -1.69. The van der Waals surface area contributed by atoms with Gasteiger partial charge in [-0.25, -0.2) is 4.98 Å². The summed E-state index contributed by atoms with van der Waals surface area (Å²) in [5, 5.41) is 11.7. The summed E-state index contributed by atoms with van der Waals surface area (Å²) >= 11 is 0. The Morgan fingerprint density at radius 2 is 2.46 bits per heavy atom. The fraction of sp³-hybridized carbons (Fsp3) is 0.286. The molecule has 70 valence electrons. The largest absolute Gasteiger partial charge is 0.381 e. The van der Waals surface area contributed by atoms with Crippen LogP contribution >= 0.6 is 0 Å². The molecular formula is C7H10N4O2. The number of aliphatic hydroxyl groups is 1. The Bertz CT molecular complexity index is 277. The molecule has 0 aromatic carbocycles. The van der Waals surface area contributed by atoms with Crippen molar-refractivity contribution in [2.45, 2.75) is 6.10 Å². The van der Waals surface area contributed by atoms with E-state index in [-0.39, 0.29) is 6.54 Å². The van der Waals surface area contributed by atoms with E-state index in [1.54, 1.807) is 0 Å². The molecule has 1 aromatic heterocycles. The molecular weight excluding hydrogens is 172 g/mol. The second kappa shape index (κ2) is 4.36. The number of hydrogen-bond donors (Lipinski definition) is 3. The second-order valence-electron chi connectivity index (χ2n) is 2.39. The van der Waals surface area contributed by atoms with E-state index in [0.717, 1.165) is 0 Å². The van der Waals surface area contributed by atoms with Crippen LogP contribution in [-0.2, 0) is 4.79 Å². The molecule has 1 aromatic rings. The zero-order chi connectivity index (χ0) is 9.68. The van der Waals surface area contributed by atoms with Crippen LogP contribution in [0.25, 0.3) is 0 Å². The van der Waals surface area contributed by atoms with Crippen LogP contribution in [0.15, 0.2) is 18.6 Å². The van der Waals surface area contributed by atoms with Gasteiger partial charge in [-0.15, -0.1) is 0 Å². The molecule has 0 bridgehead atoms. The number of nitrogens with zero attached hydrogens (tertiary/aromatic N) is 2. The first-order valence-electron chi connectivity index (χ1n) is 3.67. The lowest BCUT2D eigenvalue weighted by Crippen LogP contribution is -2.34. The molecule has 0 radical (unpaired) electrons. The number of nitrogens with two attached hydrogens (primary N) is 1. The van der Waals surface area contributed by atoms with E-state index in [2.05, 4.69) is 15.3 Å². The van der Waals surface area contributed by atoms with Gasteiger partial charge in [0.1, 0.15) is 11.9 Å². The second-order valence-corrected chi connectivity index (χ2v) is 2.39. The molecule has 0 saturated heterocycles. The minimum absolute atomic E-state index is 0.0357. The number of anilines is 1. The van der Waals surface area contributed by atoms with E-state index in [4.69, 9.17) is 10.8 Å². The van der Waals surface area contributed by atoms with Crippen molar-refractivity contribution in [2.75, 3.05) is 11.9 Å². The SMILES string of the molecule is NC(=O)C(O)CNc1cnccn1. The first-order chi connectivity index (χ1) is 6.20. The Morgan fingerprint density at radius 3 is 3.00 bits per heavy atom. The standard InChI is InChI=1S/C7H10N4O2/c8-7(13)5(12)3-11-6-4-9-1-2-10-6/h1-2,4-5,12H,3H2,(H2,8,13)(H,10,11). The summed E-state index contributed by atoms with van der Waals surface area (Å²) in [6.45, 7) is 0.0357. The molecule has 4 N–H and O–H groups in total. The predicted octanol–water partition coefficient (Wildman–Crippen LogP) is -1.27. The lowest BCUT2D eigenvalue weighted by Gasteiger charge is -2.07. The van der Waals surface area contributed by atoms with Gasteiger partial charge in [-0.1, -0.05) is 0 Å². The Labute approximate surface area is 74.8 Å². The molecule has 0 fully saturated rings. The number of hydrogen-bond acceptors (Lipinski definition) is 5. The third kappa shape index (κ3) is 3.04. The van der Waals surface area contributed by atoms with Gasteiger partial charge in [0.25, 0.3) is 0 Å². The highest BCUT2D eigenvalue weighted by molar-refractivity contribution is 5.79. The zero-order valence-corrected chi connectivity index (χ0v) is 6.84. The normalized spacial score (nSPS) is 12.1. The third-order valence-electron chi connectivity index (χ3n) is 1.37. The zero-order valence-electron chi connectivity index (χ0n) is 6.84. The summed E-state index contributed by atoms with van der Waals surface area (Å²) in [6.07, 6.45) is 3.30. The average Bonchev–Trinajstić information content (AvgIpc) is 2.15. The van der Waals surface area contributed by atoms with Crippen molar-refractivity contribution < 1.29 is 9.90 Å². The summed E-state index contributed by atoms with van der Waals surface area (Å²) in [7, 11) is 0. The molecule has 1 unspecified atom stereocenters. The molecule has 0 spiro atoms. The van der Waals surface area contributed by atoms with Crippen molar-refractivity contribution in [3.05, 3.63) is 18.6 Å². The Kier molecular flexibility index (Phi) is 3.15. The van der Waals surface area contributed by atoms with Gasteiger partial charge < -0.3 is 16.2 Å². The first kappa shape index (κ1) is 9.40. The van der Waals surface area contributed by atoms with Gasteiger partial charge in [0, 0.05) is 12.4 Å². The predicted molar refractivity (Wildman–Crippen MR) is 45.7 cm³/mol. The van der Waals surface area contributed by atoms with Crippen LogP contribution in [-0.4, -0.2) is 33.6 Å². The molecule has 0 aliphatic carbocycles. The number of carbonyl (C=O) groups is 1. The van der Waals surface area contributed by atoms with Gasteiger partial charge in [0.15, 0.2) is 0 Å². The summed E-state index contributed by atoms with van der Waals surface area (Å²) in [6, 6.07) is 0. The highest BCUT2D eigenvalue weighted by Crippen LogP contribution is 1.96. The molecule has 1 rings (SSSR count). The van der Waals surface area contributed by atoms with Gasteiger partial charge in [-0.05, 0) is 0 Å². The van der Waals surface area contributed by atoms with Crippen molar-refractivity contribution in [3.8, 4) is 0 Å². The van der Waals surface area contributed by atoms with Crippen molar-refractivity contribution >= 4 is 11.7 Å². The molecule has 6 heteroatoms. The lowest BCUT2D eigenvalue weighted by atomic mass is 10.3. The van der Waals surface area contributed by atoms with Crippen molar-refractivity contribution in [3.63, 3.8) is 0 Å². The van der Waals surface area contributed by atoms with Gasteiger partial charge >= 0.3 is 0 Å². The van der Waals surface area contributed by atoms with Crippen molar-refractivity contribution in [1.29, 1.82) is 0 Å². The van der Waals surface area contributed by atoms with Crippen LogP contribution in [0.4, 0.5) is 5.82 Å². The van der Waals surface area contributed by atoms with Crippen LogP contribution in [0.5, 0.6) is 0 Å². The Balaban J connectivity index is 2.39. The first-order valence-corrected chi connectivity index (χ1v) is 3.67. The van der Waals surface area contributed by atoms with E-state index in [1.165, 1.54) is 18.6 Å². The van der Waals surface area contributed by atoms with Crippen LogP contribution < -0.4 is 11.1 Å². The molecule has 6 nitrogen and oxygen atoms in total. The minimum atomic E-state index is -1.21. The van der Waals surface area contributed by atoms with Gasteiger partial charge in [0.2, 0.25) is 5.91 Å². The number of aliphatic hydroxyl groups excluding tert-OH is 1. The van der Waals surface area contributed by atoms with Crippen LogP contribution in [0.3, 0.4) is 0 Å². The molecule has 1 atom stereocenters.